The van der Waals surface area contributed by atoms with Crippen molar-refractivity contribution < 1.29 is 9.21 Å². The minimum atomic E-state index is -0.0733. The third-order valence-electron chi connectivity index (χ3n) is 4.43. The third kappa shape index (κ3) is 3.42. The van der Waals surface area contributed by atoms with E-state index in [1.54, 1.807) is 0 Å². The normalized spacial score (nSPS) is 11.4. The van der Waals surface area contributed by atoms with Crippen LogP contribution in [-0.2, 0) is 11.2 Å². The lowest BCUT2D eigenvalue weighted by atomic mass is 10.1. The van der Waals surface area contributed by atoms with E-state index in [1.807, 2.05) is 54.6 Å². The third-order valence-corrected chi connectivity index (χ3v) is 5.40. The minimum absolute atomic E-state index is 0.0733. The Morgan fingerprint density at radius 2 is 1.93 bits per heavy atom. The summed E-state index contributed by atoms with van der Waals surface area (Å²) < 4.78 is 7.74. The van der Waals surface area contributed by atoms with E-state index in [-0.39, 0.29) is 11.7 Å². The first kappa shape index (κ1) is 17.6. The highest BCUT2D eigenvalue weighted by atomic mass is 32.2. The lowest BCUT2D eigenvalue weighted by Gasteiger charge is -2.07. The second-order valence-corrected chi connectivity index (χ2v) is 7.38. The lowest BCUT2D eigenvalue weighted by molar-refractivity contribution is -0.113. The molecule has 0 aliphatic heterocycles. The van der Waals surface area contributed by atoms with E-state index in [0.717, 1.165) is 40.3 Å². The van der Waals surface area contributed by atoms with Crippen LogP contribution in [0.25, 0.3) is 16.6 Å². The molecule has 0 radical (unpaired) electrons. The quantitative estimate of drug-likeness (QED) is 0.520. The molecular weight excluding hydrogens is 360 g/mol. The van der Waals surface area contributed by atoms with Gasteiger partial charge in [-0.15, -0.1) is 10.2 Å². The highest BCUT2D eigenvalue weighted by Gasteiger charge is 2.15. The number of aromatic nitrogens is 3. The topological polar surface area (TPSA) is 72.4 Å². The Hall–Kier alpha value is -2.80. The Balaban J connectivity index is 1.52. The summed E-state index contributed by atoms with van der Waals surface area (Å²) in [4.78, 5) is 12.3. The van der Waals surface area contributed by atoms with Crippen LogP contribution in [0.15, 0.2) is 45.8 Å². The highest BCUT2D eigenvalue weighted by Crippen LogP contribution is 2.29. The number of hydrogen-bond donors (Lipinski definition) is 1. The molecule has 1 N–H and O–H groups in total. The van der Waals surface area contributed by atoms with E-state index in [2.05, 4.69) is 22.4 Å². The van der Waals surface area contributed by atoms with Crippen molar-refractivity contribution in [2.45, 2.75) is 32.2 Å². The van der Waals surface area contributed by atoms with Crippen LogP contribution in [0, 0.1) is 13.8 Å². The Morgan fingerprint density at radius 3 is 2.67 bits per heavy atom. The fourth-order valence-electron chi connectivity index (χ4n) is 3.09. The summed E-state index contributed by atoms with van der Waals surface area (Å²) in [5, 5.41) is 12.1. The van der Waals surface area contributed by atoms with Gasteiger partial charge in [0.2, 0.25) is 5.91 Å². The molecule has 3 heterocycles. The van der Waals surface area contributed by atoms with Crippen molar-refractivity contribution in [3.05, 3.63) is 53.5 Å². The van der Waals surface area contributed by atoms with Gasteiger partial charge in [0.15, 0.2) is 5.58 Å². The first-order valence-electron chi connectivity index (χ1n) is 8.81. The Bertz CT molecular complexity index is 1130. The maximum absolute atomic E-state index is 12.3. The predicted molar refractivity (Wildman–Crippen MR) is 107 cm³/mol. The lowest BCUT2D eigenvalue weighted by Crippen LogP contribution is -2.14. The van der Waals surface area contributed by atoms with Gasteiger partial charge in [-0.1, -0.05) is 30.8 Å². The molecule has 4 rings (SSSR count). The van der Waals surface area contributed by atoms with Gasteiger partial charge in [-0.05, 0) is 38.0 Å². The van der Waals surface area contributed by atoms with Crippen LogP contribution in [0.2, 0.25) is 0 Å². The number of fused-ring (bicyclic) bond motifs is 3. The van der Waals surface area contributed by atoms with E-state index < -0.39 is 0 Å². The van der Waals surface area contributed by atoms with Crippen LogP contribution < -0.4 is 5.32 Å². The SMILES string of the molecule is CCc1ccc(NC(=O)CSc2nnc(C)n3c2cc2oc(C)cc23)cc1. The maximum Gasteiger partial charge on any atom is 0.234 e. The van der Waals surface area contributed by atoms with Gasteiger partial charge in [-0.3, -0.25) is 9.20 Å². The maximum atomic E-state index is 12.3. The number of nitrogens with one attached hydrogen (secondary N) is 1. The van der Waals surface area contributed by atoms with Gasteiger partial charge in [-0.2, -0.15) is 0 Å². The number of rotatable bonds is 5. The summed E-state index contributed by atoms with van der Waals surface area (Å²) in [6, 6.07) is 11.8. The van der Waals surface area contributed by atoms with Gasteiger partial charge in [0.1, 0.15) is 16.6 Å². The number of thioether (sulfide) groups is 1. The predicted octanol–water partition coefficient (Wildman–Crippen LogP) is 4.39. The number of hydrogen-bond acceptors (Lipinski definition) is 5. The monoisotopic (exact) mass is 380 g/mol. The summed E-state index contributed by atoms with van der Waals surface area (Å²) in [6.07, 6.45) is 0.978. The van der Waals surface area contributed by atoms with E-state index in [9.17, 15) is 4.79 Å². The standard InChI is InChI=1S/C20H20N4O2S/c1-4-14-5-7-15(8-6-14)21-19(25)11-27-20-17-10-18-16(9-12(2)26-18)24(17)13(3)22-23-20/h5-10H,4,11H2,1-3H3,(H,21,25). The number of benzene rings is 1. The summed E-state index contributed by atoms with van der Waals surface area (Å²) in [5.74, 6) is 1.82. The molecule has 138 valence electrons. The molecule has 0 fully saturated rings. The largest absolute Gasteiger partial charge is 0.460 e. The zero-order chi connectivity index (χ0) is 19.0. The molecule has 0 saturated carbocycles. The van der Waals surface area contributed by atoms with Crippen LogP contribution in [-0.4, -0.2) is 26.3 Å². The van der Waals surface area contributed by atoms with Crippen molar-refractivity contribution in [2.24, 2.45) is 0 Å². The van der Waals surface area contributed by atoms with Crippen molar-refractivity contribution in [3.63, 3.8) is 0 Å². The van der Waals surface area contributed by atoms with E-state index in [4.69, 9.17) is 4.42 Å². The van der Waals surface area contributed by atoms with Gasteiger partial charge in [0.25, 0.3) is 0 Å². The van der Waals surface area contributed by atoms with Gasteiger partial charge in [0, 0.05) is 17.8 Å². The van der Waals surface area contributed by atoms with Gasteiger partial charge in [-0.25, -0.2) is 0 Å². The van der Waals surface area contributed by atoms with Crippen molar-refractivity contribution in [3.8, 4) is 0 Å². The van der Waals surface area contributed by atoms with Crippen LogP contribution in [0.5, 0.6) is 0 Å². The van der Waals surface area contributed by atoms with Gasteiger partial charge >= 0.3 is 0 Å². The van der Waals surface area contributed by atoms with Crippen LogP contribution in [0.4, 0.5) is 5.69 Å². The average molecular weight is 380 g/mol. The second-order valence-electron chi connectivity index (χ2n) is 6.41. The zero-order valence-corrected chi connectivity index (χ0v) is 16.3. The molecule has 0 atom stereocenters. The molecule has 0 bridgehead atoms. The second kappa shape index (κ2) is 7.08. The molecule has 27 heavy (non-hydrogen) atoms. The number of amides is 1. The molecule has 4 aromatic rings. The summed E-state index contributed by atoms with van der Waals surface area (Å²) in [7, 11) is 0. The number of carbonyl (C=O) groups excluding carboxylic acids is 1. The Labute approximate surface area is 161 Å². The highest BCUT2D eigenvalue weighted by molar-refractivity contribution is 8.00. The number of anilines is 1. The fourth-order valence-corrected chi connectivity index (χ4v) is 3.83. The molecule has 1 aromatic carbocycles. The molecule has 0 aliphatic rings. The molecule has 1 amide bonds. The van der Waals surface area contributed by atoms with Gasteiger partial charge < -0.3 is 9.73 Å². The number of furan rings is 1. The summed E-state index contributed by atoms with van der Waals surface area (Å²) >= 11 is 1.37. The van der Waals surface area contributed by atoms with Crippen LogP contribution in [0.1, 0.15) is 24.1 Å². The van der Waals surface area contributed by atoms with Crippen LogP contribution in [0.3, 0.4) is 0 Å². The molecule has 0 aliphatic carbocycles. The first-order chi connectivity index (χ1) is 13.0. The first-order valence-corrected chi connectivity index (χ1v) is 9.80. The van der Waals surface area contributed by atoms with E-state index in [1.165, 1.54) is 17.3 Å². The average Bonchev–Trinajstić information content (AvgIpc) is 3.18. The molecule has 7 heteroatoms. The molecule has 3 aromatic heterocycles. The smallest absolute Gasteiger partial charge is 0.234 e. The van der Waals surface area contributed by atoms with Crippen molar-refractivity contribution >= 4 is 40.0 Å². The van der Waals surface area contributed by atoms with E-state index >= 15 is 0 Å². The Morgan fingerprint density at radius 1 is 1.15 bits per heavy atom. The van der Waals surface area contributed by atoms with Crippen molar-refractivity contribution in [2.75, 3.05) is 11.1 Å². The summed E-state index contributed by atoms with van der Waals surface area (Å²) in [5.41, 5.74) is 4.72. The van der Waals surface area contributed by atoms with Gasteiger partial charge in [0.05, 0.1) is 16.8 Å². The summed E-state index contributed by atoms with van der Waals surface area (Å²) in [6.45, 7) is 5.93. The number of carbonyl (C=O) groups is 1. The number of aryl methyl sites for hydroxylation is 3. The molecule has 0 saturated heterocycles. The molecule has 0 spiro atoms. The fraction of sp³-hybridized carbons (Fsp3) is 0.250. The zero-order valence-electron chi connectivity index (χ0n) is 15.4. The van der Waals surface area contributed by atoms with Crippen molar-refractivity contribution in [1.29, 1.82) is 0 Å². The van der Waals surface area contributed by atoms with Crippen LogP contribution >= 0.6 is 11.8 Å². The molecule has 0 unspecified atom stereocenters. The van der Waals surface area contributed by atoms with Crippen molar-refractivity contribution in [1.82, 2.24) is 14.6 Å². The molecular formula is C20H20N4O2S. The Kier molecular flexibility index (Phi) is 4.61. The number of nitrogens with zero attached hydrogens (tertiary/aromatic N) is 3. The molecule has 6 nitrogen and oxygen atoms in total. The van der Waals surface area contributed by atoms with E-state index in [0.29, 0.717) is 5.03 Å². The minimum Gasteiger partial charge on any atom is -0.460 e.